The summed E-state index contributed by atoms with van der Waals surface area (Å²) in [5, 5.41) is 14.0. The highest BCUT2D eigenvalue weighted by molar-refractivity contribution is 6.31. The second-order valence-electron chi connectivity index (χ2n) is 6.38. The standard InChI is InChI=1S/C19H16ClN3O6/c1-11-8-17(24)21-14-4-2-3-5-15(14)22(11)18(25)10-29-19(26)13-7-6-12(20)9-16(13)23(27)28/h2-7,9,11H,8,10H2,1H3,(H,21,24). The number of nitrogens with one attached hydrogen (secondary N) is 1. The fourth-order valence-electron chi connectivity index (χ4n) is 3.07. The van der Waals surface area contributed by atoms with E-state index in [1.54, 1.807) is 31.2 Å². The number of anilines is 2. The van der Waals surface area contributed by atoms with Crippen molar-refractivity contribution in [1.82, 2.24) is 0 Å². The van der Waals surface area contributed by atoms with Gasteiger partial charge in [0.25, 0.3) is 11.6 Å². The van der Waals surface area contributed by atoms with Crippen molar-refractivity contribution in [3.05, 3.63) is 63.2 Å². The molecule has 0 saturated carbocycles. The molecule has 10 heteroatoms. The first kappa shape index (κ1) is 20.3. The summed E-state index contributed by atoms with van der Waals surface area (Å²) in [6.45, 7) is 1.05. The van der Waals surface area contributed by atoms with Gasteiger partial charge in [0.2, 0.25) is 5.91 Å². The topological polar surface area (TPSA) is 119 Å². The largest absolute Gasteiger partial charge is 0.452 e. The maximum atomic E-state index is 12.8. The van der Waals surface area contributed by atoms with E-state index >= 15 is 0 Å². The van der Waals surface area contributed by atoms with Crippen LogP contribution in [0.4, 0.5) is 17.1 Å². The minimum absolute atomic E-state index is 0.0665. The van der Waals surface area contributed by atoms with Gasteiger partial charge in [-0.25, -0.2) is 4.79 Å². The minimum atomic E-state index is -1.02. The number of nitro groups is 1. The summed E-state index contributed by atoms with van der Waals surface area (Å²) < 4.78 is 5.02. The lowest BCUT2D eigenvalue weighted by molar-refractivity contribution is -0.385. The van der Waals surface area contributed by atoms with Gasteiger partial charge in [0.05, 0.1) is 16.3 Å². The zero-order valence-corrected chi connectivity index (χ0v) is 16.0. The Labute approximate surface area is 170 Å². The molecular weight excluding hydrogens is 402 g/mol. The van der Waals surface area contributed by atoms with Gasteiger partial charge in [-0.05, 0) is 31.2 Å². The number of amides is 2. The van der Waals surface area contributed by atoms with Crippen LogP contribution in [-0.2, 0) is 14.3 Å². The molecule has 2 amide bonds. The Hall–Kier alpha value is -3.46. The van der Waals surface area contributed by atoms with Gasteiger partial charge in [0.15, 0.2) is 6.61 Å². The van der Waals surface area contributed by atoms with Crippen LogP contribution in [0.5, 0.6) is 0 Å². The average molecular weight is 418 g/mol. The van der Waals surface area contributed by atoms with Crippen molar-refractivity contribution < 1.29 is 24.0 Å². The Morgan fingerprint density at radius 2 is 2.03 bits per heavy atom. The molecule has 1 heterocycles. The molecule has 0 radical (unpaired) electrons. The number of nitrogens with zero attached hydrogens (tertiary/aromatic N) is 2. The van der Waals surface area contributed by atoms with Gasteiger partial charge < -0.3 is 15.0 Å². The number of nitro benzene ring substituents is 1. The number of carbonyl (C=O) groups excluding carboxylic acids is 3. The molecule has 0 aliphatic carbocycles. The number of esters is 1. The Balaban J connectivity index is 1.80. The van der Waals surface area contributed by atoms with Crippen LogP contribution in [0.2, 0.25) is 5.02 Å². The third-order valence-electron chi connectivity index (χ3n) is 4.33. The quantitative estimate of drug-likeness (QED) is 0.463. The number of hydrogen-bond donors (Lipinski definition) is 1. The predicted octanol–water partition coefficient (Wildman–Crippen LogP) is 3.17. The summed E-state index contributed by atoms with van der Waals surface area (Å²) >= 11 is 5.74. The summed E-state index contributed by atoms with van der Waals surface area (Å²) in [4.78, 5) is 48.9. The van der Waals surface area contributed by atoms with Crippen molar-refractivity contribution >= 4 is 46.4 Å². The molecule has 9 nitrogen and oxygen atoms in total. The number of ether oxygens (including phenoxy) is 1. The monoisotopic (exact) mass is 417 g/mol. The lowest BCUT2D eigenvalue weighted by atomic mass is 10.1. The Morgan fingerprint density at radius 3 is 2.76 bits per heavy atom. The Morgan fingerprint density at radius 1 is 1.31 bits per heavy atom. The molecule has 29 heavy (non-hydrogen) atoms. The van der Waals surface area contributed by atoms with Crippen LogP contribution in [0.15, 0.2) is 42.5 Å². The van der Waals surface area contributed by atoms with Crippen LogP contribution < -0.4 is 10.2 Å². The second kappa shape index (κ2) is 8.27. The molecule has 0 bridgehead atoms. The maximum absolute atomic E-state index is 12.8. The fourth-order valence-corrected chi connectivity index (χ4v) is 3.24. The van der Waals surface area contributed by atoms with E-state index in [9.17, 15) is 24.5 Å². The van der Waals surface area contributed by atoms with Crippen LogP contribution in [0, 0.1) is 10.1 Å². The van der Waals surface area contributed by atoms with Crippen molar-refractivity contribution in [2.24, 2.45) is 0 Å². The van der Waals surface area contributed by atoms with Crippen molar-refractivity contribution in [2.45, 2.75) is 19.4 Å². The van der Waals surface area contributed by atoms with Crippen LogP contribution in [0.3, 0.4) is 0 Å². The van der Waals surface area contributed by atoms with E-state index in [0.29, 0.717) is 11.4 Å². The molecule has 2 aromatic rings. The first-order chi connectivity index (χ1) is 13.8. The van der Waals surface area contributed by atoms with Gasteiger partial charge in [-0.2, -0.15) is 0 Å². The molecule has 0 saturated heterocycles. The van der Waals surface area contributed by atoms with Crippen LogP contribution >= 0.6 is 11.6 Å². The third-order valence-corrected chi connectivity index (χ3v) is 4.57. The van der Waals surface area contributed by atoms with Crippen LogP contribution in [-0.4, -0.2) is 35.4 Å². The predicted molar refractivity (Wildman–Crippen MR) is 105 cm³/mol. The molecule has 0 aromatic heterocycles. The van der Waals surface area contributed by atoms with Gasteiger partial charge in [0, 0.05) is 23.6 Å². The smallest absolute Gasteiger partial charge is 0.345 e. The number of carbonyl (C=O) groups is 3. The molecular formula is C19H16ClN3O6. The molecule has 0 spiro atoms. The molecule has 0 fully saturated rings. The normalized spacial score (nSPS) is 15.7. The summed E-state index contributed by atoms with van der Waals surface area (Å²) in [6.07, 6.45) is 0.0665. The number of benzene rings is 2. The Bertz CT molecular complexity index is 1010. The van der Waals surface area contributed by atoms with Crippen LogP contribution in [0.1, 0.15) is 23.7 Å². The van der Waals surface area contributed by atoms with Crippen LogP contribution in [0.25, 0.3) is 0 Å². The van der Waals surface area contributed by atoms with E-state index in [1.165, 1.54) is 17.0 Å². The molecule has 2 aromatic carbocycles. The lowest BCUT2D eigenvalue weighted by Crippen LogP contribution is -2.41. The molecule has 150 valence electrons. The second-order valence-corrected chi connectivity index (χ2v) is 6.81. The molecule has 1 aliphatic rings. The SMILES string of the molecule is CC1CC(=O)Nc2ccccc2N1C(=O)COC(=O)c1ccc(Cl)cc1[N+](=O)[O-]. The summed E-state index contributed by atoms with van der Waals surface area (Å²) in [6, 6.07) is 9.80. The highest BCUT2D eigenvalue weighted by atomic mass is 35.5. The third kappa shape index (κ3) is 4.35. The summed E-state index contributed by atoms with van der Waals surface area (Å²) in [5.74, 6) is -1.83. The van der Waals surface area contributed by atoms with E-state index in [0.717, 1.165) is 6.07 Å². The average Bonchev–Trinajstić information content (AvgIpc) is 2.79. The number of rotatable bonds is 4. The number of para-hydroxylation sites is 2. The number of hydrogen-bond acceptors (Lipinski definition) is 6. The van der Waals surface area contributed by atoms with Crippen molar-refractivity contribution in [1.29, 1.82) is 0 Å². The van der Waals surface area contributed by atoms with Crippen molar-refractivity contribution in [3.8, 4) is 0 Å². The summed E-state index contributed by atoms with van der Waals surface area (Å²) in [7, 11) is 0. The maximum Gasteiger partial charge on any atom is 0.345 e. The molecule has 3 rings (SSSR count). The van der Waals surface area contributed by atoms with Gasteiger partial charge in [-0.1, -0.05) is 23.7 Å². The fraction of sp³-hybridized carbons (Fsp3) is 0.211. The highest BCUT2D eigenvalue weighted by Gasteiger charge is 2.31. The molecule has 1 unspecified atom stereocenters. The zero-order chi connectivity index (χ0) is 21.1. The zero-order valence-electron chi connectivity index (χ0n) is 15.3. The van der Waals surface area contributed by atoms with E-state index in [-0.39, 0.29) is 22.9 Å². The van der Waals surface area contributed by atoms with E-state index < -0.39 is 35.1 Å². The first-order valence-corrected chi connectivity index (χ1v) is 8.97. The molecule has 1 N–H and O–H groups in total. The van der Waals surface area contributed by atoms with Crippen molar-refractivity contribution in [3.63, 3.8) is 0 Å². The minimum Gasteiger partial charge on any atom is -0.452 e. The molecule has 1 aliphatic heterocycles. The lowest BCUT2D eigenvalue weighted by Gasteiger charge is -2.27. The Kier molecular flexibility index (Phi) is 5.79. The van der Waals surface area contributed by atoms with Gasteiger partial charge >= 0.3 is 5.97 Å². The van der Waals surface area contributed by atoms with Crippen molar-refractivity contribution in [2.75, 3.05) is 16.8 Å². The van der Waals surface area contributed by atoms with Gasteiger partial charge in [0.1, 0.15) is 5.56 Å². The highest BCUT2D eigenvalue weighted by Crippen LogP contribution is 2.31. The van der Waals surface area contributed by atoms with Gasteiger partial charge in [-0.3, -0.25) is 19.7 Å². The van der Waals surface area contributed by atoms with E-state index in [1.807, 2.05) is 0 Å². The molecule has 1 atom stereocenters. The van der Waals surface area contributed by atoms with Gasteiger partial charge in [-0.15, -0.1) is 0 Å². The number of fused-ring (bicyclic) bond motifs is 1. The summed E-state index contributed by atoms with van der Waals surface area (Å²) in [5.41, 5.74) is 0.117. The van der Waals surface area contributed by atoms with E-state index in [2.05, 4.69) is 5.32 Å². The number of halogens is 1. The first-order valence-electron chi connectivity index (χ1n) is 8.60. The van der Waals surface area contributed by atoms with E-state index in [4.69, 9.17) is 16.3 Å².